The van der Waals surface area contributed by atoms with Gasteiger partial charge < -0.3 is 4.74 Å². The third-order valence-electron chi connectivity index (χ3n) is 10.8. The van der Waals surface area contributed by atoms with Crippen LogP contribution in [0.3, 0.4) is 0 Å². The highest BCUT2D eigenvalue weighted by atomic mass is 32.2. The van der Waals surface area contributed by atoms with Crippen molar-refractivity contribution in [3.63, 3.8) is 0 Å². The average Bonchev–Trinajstić information content (AvgIpc) is 3.79. The number of rotatable bonds is 8. The molecule has 1 aliphatic heterocycles. The number of hydrogen-bond acceptors (Lipinski definition) is 4. The fraction of sp³-hybridized carbons (Fsp3) is 0.474. The Labute approximate surface area is 261 Å². The molecule has 4 aliphatic rings. The lowest BCUT2D eigenvalue weighted by atomic mass is 9.61. The second kappa shape index (κ2) is 11.6. The zero-order valence-electron chi connectivity index (χ0n) is 25.8. The average molecular weight is 593 g/mol. The van der Waals surface area contributed by atoms with E-state index in [0.29, 0.717) is 0 Å². The van der Waals surface area contributed by atoms with Crippen LogP contribution in [0.5, 0.6) is 0 Å². The van der Waals surface area contributed by atoms with Gasteiger partial charge in [0, 0.05) is 17.8 Å². The molecule has 3 aromatic carbocycles. The van der Waals surface area contributed by atoms with E-state index in [2.05, 4.69) is 91.5 Å². The molecule has 0 bridgehead atoms. The number of hydrogen-bond donors (Lipinski definition) is 0. The smallest absolute Gasteiger partial charge is 0.262 e. The zero-order chi connectivity index (χ0) is 29.6. The Kier molecular flexibility index (Phi) is 7.75. The van der Waals surface area contributed by atoms with Crippen LogP contribution in [0.2, 0.25) is 0 Å². The number of nitrogens with zero attached hydrogens (tertiary/aromatic N) is 2. The van der Waals surface area contributed by atoms with Crippen LogP contribution in [-0.2, 0) is 27.9 Å². The van der Waals surface area contributed by atoms with Crippen LogP contribution in [0.15, 0.2) is 83.9 Å². The van der Waals surface area contributed by atoms with Crippen molar-refractivity contribution in [2.24, 2.45) is 16.3 Å². The van der Waals surface area contributed by atoms with Gasteiger partial charge in [0.2, 0.25) is 0 Å². The molecule has 3 atom stereocenters. The van der Waals surface area contributed by atoms with Crippen molar-refractivity contribution in [3.05, 3.63) is 107 Å². The third-order valence-corrected chi connectivity index (χ3v) is 12.0. The molecule has 3 unspecified atom stereocenters. The van der Waals surface area contributed by atoms with Crippen LogP contribution < -0.4 is 0 Å². The molecular formula is C38H44N2O2S. The zero-order valence-corrected chi connectivity index (χ0v) is 26.6. The first-order chi connectivity index (χ1) is 20.9. The van der Waals surface area contributed by atoms with Gasteiger partial charge in [-0.15, -0.1) is 0 Å². The molecule has 1 amide bonds. The predicted molar refractivity (Wildman–Crippen MR) is 176 cm³/mol. The Morgan fingerprint density at radius 3 is 2.26 bits per heavy atom. The van der Waals surface area contributed by atoms with Gasteiger partial charge in [-0.25, -0.2) is 4.99 Å². The minimum absolute atomic E-state index is 0.114. The molecule has 0 radical (unpaired) electrons. The summed E-state index contributed by atoms with van der Waals surface area (Å²) in [5.41, 5.74) is 5.12. The fourth-order valence-electron chi connectivity index (χ4n) is 8.03. The van der Waals surface area contributed by atoms with Gasteiger partial charge in [-0.2, -0.15) is 0 Å². The van der Waals surface area contributed by atoms with Gasteiger partial charge in [0.1, 0.15) is 0 Å². The largest absolute Gasteiger partial charge is 0.381 e. The van der Waals surface area contributed by atoms with Gasteiger partial charge in [0.05, 0.1) is 12.1 Å². The molecule has 7 rings (SSSR count). The van der Waals surface area contributed by atoms with Crippen molar-refractivity contribution in [2.45, 2.75) is 94.6 Å². The molecule has 0 N–H and O–H groups in total. The monoisotopic (exact) mass is 592 g/mol. The van der Waals surface area contributed by atoms with Crippen molar-refractivity contribution >= 4 is 22.8 Å². The van der Waals surface area contributed by atoms with E-state index < -0.39 is 5.54 Å². The minimum atomic E-state index is -0.890. The molecule has 2 saturated carbocycles. The number of fused-ring (bicyclic) bond motifs is 3. The fourth-order valence-corrected chi connectivity index (χ4v) is 9.18. The molecule has 2 spiro atoms. The first-order valence-electron chi connectivity index (χ1n) is 16.3. The second-order valence-electron chi connectivity index (χ2n) is 13.4. The molecule has 3 aliphatic carbocycles. The maximum atomic E-state index is 15.4. The molecule has 224 valence electrons. The minimum Gasteiger partial charge on any atom is -0.381 e. The Morgan fingerprint density at radius 1 is 0.930 bits per heavy atom. The molecule has 3 aromatic rings. The van der Waals surface area contributed by atoms with Crippen LogP contribution in [0.4, 0.5) is 0 Å². The summed E-state index contributed by atoms with van der Waals surface area (Å²) < 4.78 is 5.83. The van der Waals surface area contributed by atoms with Gasteiger partial charge in [-0.05, 0) is 92.5 Å². The second-order valence-corrected chi connectivity index (χ2v) is 14.7. The van der Waals surface area contributed by atoms with Gasteiger partial charge in [0.25, 0.3) is 5.91 Å². The summed E-state index contributed by atoms with van der Waals surface area (Å²) in [6.07, 6.45) is 10.1. The topological polar surface area (TPSA) is 41.9 Å². The number of benzene rings is 3. The number of carbonyl (C=O) groups is 1. The summed E-state index contributed by atoms with van der Waals surface area (Å²) in [5.74, 6) is 1.05. The molecule has 0 aromatic heterocycles. The highest BCUT2D eigenvalue weighted by Crippen LogP contribution is 2.63. The molecule has 1 heterocycles. The van der Waals surface area contributed by atoms with Crippen molar-refractivity contribution < 1.29 is 9.53 Å². The molecule has 5 heteroatoms. The standard InChI is InChI=1S/C38H44N2O2S/c1-26(30-10-6-4-7-11-30)40-35(41)38(39-36(40)43-27(2)31-12-8-5-9-13-31)34-24-29(17-16-28-14-15-28)18-19-32(34)25-37(38)22-20-33(42-3)21-23-37/h4-13,18-19,24,26-28,33H,14-17,20-23,25H2,1-3H3. The van der Waals surface area contributed by atoms with E-state index in [4.69, 9.17) is 9.73 Å². The molecule has 2 fully saturated rings. The van der Waals surface area contributed by atoms with E-state index in [-0.39, 0.29) is 28.7 Å². The van der Waals surface area contributed by atoms with E-state index in [9.17, 15) is 0 Å². The summed E-state index contributed by atoms with van der Waals surface area (Å²) in [6.45, 7) is 4.41. The summed E-state index contributed by atoms with van der Waals surface area (Å²) in [5, 5.41) is 1.03. The lowest BCUT2D eigenvalue weighted by molar-refractivity contribution is -0.139. The van der Waals surface area contributed by atoms with Crippen molar-refractivity contribution in [3.8, 4) is 0 Å². The summed E-state index contributed by atoms with van der Waals surface area (Å²) >= 11 is 1.74. The van der Waals surface area contributed by atoms with Gasteiger partial charge >= 0.3 is 0 Å². The number of amides is 1. The van der Waals surface area contributed by atoms with Crippen molar-refractivity contribution in [1.82, 2.24) is 4.90 Å². The summed E-state index contributed by atoms with van der Waals surface area (Å²) in [6, 6.07) is 28.0. The Bertz CT molecular complexity index is 1490. The van der Waals surface area contributed by atoms with Crippen LogP contribution in [0.25, 0.3) is 0 Å². The van der Waals surface area contributed by atoms with Crippen molar-refractivity contribution in [2.75, 3.05) is 7.11 Å². The maximum Gasteiger partial charge on any atom is 0.262 e. The van der Waals surface area contributed by atoms with E-state index in [1.54, 1.807) is 11.8 Å². The molecular weight excluding hydrogens is 548 g/mol. The summed E-state index contributed by atoms with van der Waals surface area (Å²) in [4.78, 5) is 23.2. The number of methoxy groups -OCH3 is 1. The normalized spacial score (nSPS) is 27.9. The van der Waals surface area contributed by atoms with Gasteiger partial charge in [-0.1, -0.05) is 103 Å². The lowest BCUT2D eigenvalue weighted by Crippen LogP contribution is -2.52. The lowest BCUT2D eigenvalue weighted by Gasteiger charge is -2.45. The Balaban J connectivity index is 1.35. The number of thioether (sulfide) groups is 1. The van der Waals surface area contributed by atoms with Crippen LogP contribution in [0, 0.1) is 11.3 Å². The Hall–Kier alpha value is -2.89. The van der Waals surface area contributed by atoms with Gasteiger partial charge in [-0.3, -0.25) is 9.69 Å². The first kappa shape index (κ1) is 28.9. The number of aliphatic imine (C=N–C) groups is 1. The molecule has 0 saturated heterocycles. The third kappa shape index (κ3) is 5.07. The molecule has 4 nitrogen and oxygen atoms in total. The van der Waals surface area contributed by atoms with E-state index in [1.165, 1.54) is 41.5 Å². The molecule has 43 heavy (non-hydrogen) atoms. The van der Waals surface area contributed by atoms with Crippen LogP contribution in [-0.4, -0.2) is 29.2 Å². The Morgan fingerprint density at radius 2 is 1.60 bits per heavy atom. The van der Waals surface area contributed by atoms with E-state index in [0.717, 1.165) is 55.2 Å². The van der Waals surface area contributed by atoms with E-state index in [1.807, 2.05) is 13.2 Å². The summed E-state index contributed by atoms with van der Waals surface area (Å²) in [7, 11) is 1.83. The van der Waals surface area contributed by atoms with Gasteiger partial charge in [0.15, 0.2) is 10.7 Å². The predicted octanol–water partition coefficient (Wildman–Crippen LogP) is 8.81. The van der Waals surface area contributed by atoms with E-state index >= 15 is 4.79 Å². The van der Waals surface area contributed by atoms with Crippen LogP contribution >= 0.6 is 11.8 Å². The number of ether oxygens (including phenoxy) is 1. The highest BCUT2D eigenvalue weighted by Gasteiger charge is 2.67. The quantitative estimate of drug-likeness (QED) is 0.262. The van der Waals surface area contributed by atoms with Crippen LogP contribution in [0.1, 0.15) is 97.9 Å². The number of aryl methyl sites for hydroxylation is 1. The number of amidine groups is 1. The van der Waals surface area contributed by atoms with Crippen molar-refractivity contribution in [1.29, 1.82) is 0 Å². The highest BCUT2D eigenvalue weighted by molar-refractivity contribution is 8.14. The number of carbonyl (C=O) groups excluding carboxylic acids is 1. The maximum absolute atomic E-state index is 15.4. The SMILES string of the molecule is COC1CCC2(CC1)Cc1ccc(CCC3CC3)cc1C21N=C(SC(C)c2ccccc2)N(C(C)c2ccccc2)C1=O. The first-order valence-corrected chi connectivity index (χ1v) is 17.2.